The number of aliphatic hydroxyl groups is 1. The molecule has 0 unspecified atom stereocenters. The second-order valence-electron chi connectivity index (χ2n) is 4.73. The molecule has 0 aliphatic rings. The monoisotopic (exact) mass is 286 g/mol. The van der Waals surface area contributed by atoms with Crippen molar-refractivity contribution >= 4 is 11.8 Å². The molecular formula is C18H26N2O. The van der Waals surface area contributed by atoms with E-state index < -0.39 is 0 Å². The zero-order valence-electron chi connectivity index (χ0n) is 13.2. The SMILES string of the molecule is C/C=C(\C=C/NCCO)C(/C)=C/c1ccc(NCC)cc1. The van der Waals surface area contributed by atoms with Gasteiger partial charge in [-0.25, -0.2) is 0 Å². The molecule has 0 radical (unpaired) electrons. The van der Waals surface area contributed by atoms with Crippen LogP contribution in [0.15, 0.2) is 53.8 Å². The summed E-state index contributed by atoms with van der Waals surface area (Å²) < 4.78 is 0. The molecule has 0 bridgehead atoms. The third kappa shape index (κ3) is 6.32. The van der Waals surface area contributed by atoms with Crippen molar-refractivity contribution in [2.45, 2.75) is 20.8 Å². The molecule has 0 heterocycles. The maximum absolute atomic E-state index is 8.73. The summed E-state index contributed by atoms with van der Waals surface area (Å²) in [6, 6.07) is 8.41. The fraction of sp³-hybridized carbons (Fsp3) is 0.333. The van der Waals surface area contributed by atoms with Crippen molar-refractivity contribution in [2.24, 2.45) is 0 Å². The Balaban J connectivity index is 2.74. The van der Waals surface area contributed by atoms with Crippen LogP contribution in [0.4, 0.5) is 5.69 Å². The van der Waals surface area contributed by atoms with E-state index in [1.54, 1.807) is 0 Å². The first kappa shape index (κ1) is 17.1. The Morgan fingerprint density at radius 3 is 2.52 bits per heavy atom. The Morgan fingerprint density at radius 2 is 1.95 bits per heavy atom. The summed E-state index contributed by atoms with van der Waals surface area (Å²) in [5.74, 6) is 0. The first-order valence-electron chi connectivity index (χ1n) is 7.41. The molecule has 114 valence electrons. The van der Waals surface area contributed by atoms with Crippen molar-refractivity contribution in [1.29, 1.82) is 0 Å². The smallest absolute Gasteiger partial charge is 0.0603 e. The second-order valence-corrected chi connectivity index (χ2v) is 4.73. The zero-order valence-corrected chi connectivity index (χ0v) is 13.2. The lowest BCUT2D eigenvalue weighted by molar-refractivity contribution is 0.298. The Bertz CT molecular complexity index is 498. The standard InChI is InChI=1S/C18H26N2O/c1-4-17(10-11-19-12-13-21)15(3)14-16-6-8-18(9-7-16)20-5-2/h4,6-11,14,19-21H,5,12-13H2,1-3H3/b11-10-,15-14+,17-4+. The van der Waals surface area contributed by atoms with E-state index in [0.717, 1.165) is 17.8 Å². The van der Waals surface area contributed by atoms with Gasteiger partial charge in [0, 0.05) is 18.8 Å². The molecule has 3 nitrogen and oxygen atoms in total. The van der Waals surface area contributed by atoms with E-state index in [4.69, 9.17) is 5.11 Å². The predicted molar refractivity (Wildman–Crippen MR) is 92.2 cm³/mol. The zero-order chi connectivity index (χ0) is 15.5. The number of rotatable bonds is 8. The summed E-state index contributed by atoms with van der Waals surface area (Å²) in [6.07, 6.45) is 8.14. The van der Waals surface area contributed by atoms with Crippen molar-refractivity contribution in [3.8, 4) is 0 Å². The highest BCUT2D eigenvalue weighted by molar-refractivity contribution is 5.61. The van der Waals surface area contributed by atoms with Crippen LogP contribution in [0.3, 0.4) is 0 Å². The highest BCUT2D eigenvalue weighted by Gasteiger charge is 1.96. The molecule has 0 saturated heterocycles. The van der Waals surface area contributed by atoms with E-state index in [1.165, 1.54) is 11.1 Å². The van der Waals surface area contributed by atoms with Crippen LogP contribution in [0.2, 0.25) is 0 Å². The lowest BCUT2D eigenvalue weighted by atomic mass is 10.0. The Morgan fingerprint density at radius 1 is 1.24 bits per heavy atom. The summed E-state index contributed by atoms with van der Waals surface area (Å²) in [4.78, 5) is 0. The highest BCUT2D eigenvalue weighted by Crippen LogP contribution is 2.17. The van der Waals surface area contributed by atoms with Crippen molar-refractivity contribution in [2.75, 3.05) is 25.0 Å². The molecule has 0 aliphatic carbocycles. The van der Waals surface area contributed by atoms with Crippen molar-refractivity contribution in [3.05, 3.63) is 59.3 Å². The average Bonchev–Trinajstić information content (AvgIpc) is 2.49. The third-order valence-electron chi connectivity index (χ3n) is 3.08. The molecule has 0 fully saturated rings. The molecule has 3 N–H and O–H groups in total. The van der Waals surface area contributed by atoms with Crippen molar-refractivity contribution in [3.63, 3.8) is 0 Å². The van der Waals surface area contributed by atoms with Gasteiger partial charge in [-0.1, -0.05) is 24.3 Å². The molecule has 1 aromatic rings. The average molecular weight is 286 g/mol. The largest absolute Gasteiger partial charge is 0.395 e. The third-order valence-corrected chi connectivity index (χ3v) is 3.08. The molecular weight excluding hydrogens is 260 g/mol. The number of benzene rings is 1. The second kappa shape index (κ2) is 9.83. The Hall–Kier alpha value is -2.00. The Kier molecular flexibility index (Phi) is 7.99. The van der Waals surface area contributed by atoms with Crippen molar-refractivity contribution in [1.82, 2.24) is 5.32 Å². The maximum atomic E-state index is 8.73. The number of anilines is 1. The van der Waals surface area contributed by atoms with Gasteiger partial charge in [-0.05, 0) is 61.9 Å². The van der Waals surface area contributed by atoms with Gasteiger partial charge >= 0.3 is 0 Å². The summed E-state index contributed by atoms with van der Waals surface area (Å²) in [7, 11) is 0. The van der Waals surface area contributed by atoms with Gasteiger partial charge in [0.15, 0.2) is 0 Å². The molecule has 0 saturated carbocycles. The van der Waals surface area contributed by atoms with E-state index in [2.05, 4.69) is 60.9 Å². The van der Waals surface area contributed by atoms with Crippen LogP contribution in [0.25, 0.3) is 6.08 Å². The topological polar surface area (TPSA) is 44.3 Å². The van der Waals surface area contributed by atoms with Gasteiger partial charge in [-0.3, -0.25) is 0 Å². The fourth-order valence-corrected chi connectivity index (χ4v) is 1.99. The van der Waals surface area contributed by atoms with Crippen LogP contribution >= 0.6 is 0 Å². The lowest BCUT2D eigenvalue weighted by Gasteiger charge is -2.05. The first-order chi connectivity index (χ1) is 10.2. The molecule has 0 atom stereocenters. The highest BCUT2D eigenvalue weighted by atomic mass is 16.3. The van der Waals surface area contributed by atoms with Crippen molar-refractivity contribution < 1.29 is 5.11 Å². The Labute approximate surface area is 128 Å². The molecule has 1 rings (SSSR count). The predicted octanol–water partition coefficient (Wildman–Crippen LogP) is 3.56. The van der Waals surface area contributed by atoms with Crippen LogP contribution < -0.4 is 10.6 Å². The quantitative estimate of drug-likeness (QED) is 0.506. The summed E-state index contributed by atoms with van der Waals surface area (Å²) >= 11 is 0. The summed E-state index contributed by atoms with van der Waals surface area (Å²) in [5, 5.41) is 15.0. The molecule has 0 spiro atoms. The van der Waals surface area contributed by atoms with Gasteiger partial charge in [-0.2, -0.15) is 0 Å². The molecule has 21 heavy (non-hydrogen) atoms. The van der Waals surface area contributed by atoms with E-state index in [1.807, 2.05) is 19.2 Å². The van der Waals surface area contributed by atoms with Crippen LogP contribution in [-0.2, 0) is 0 Å². The normalized spacial score (nSPS) is 12.8. The van der Waals surface area contributed by atoms with Gasteiger partial charge in [0.25, 0.3) is 0 Å². The molecule has 0 aliphatic heterocycles. The molecule has 0 aromatic heterocycles. The van der Waals surface area contributed by atoms with Gasteiger partial charge in [0.2, 0.25) is 0 Å². The van der Waals surface area contributed by atoms with Gasteiger partial charge in [0.05, 0.1) is 6.61 Å². The number of aliphatic hydroxyl groups excluding tert-OH is 1. The van der Waals surface area contributed by atoms with E-state index in [-0.39, 0.29) is 6.61 Å². The van der Waals surface area contributed by atoms with E-state index >= 15 is 0 Å². The first-order valence-corrected chi connectivity index (χ1v) is 7.41. The van der Waals surface area contributed by atoms with Gasteiger partial charge in [-0.15, -0.1) is 0 Å². The maximum Gasteiger partial charge on any atom is 0.0603 e. The van der Waals surface area contributed by atoms with Crippen LogP contribution in [0.5, 0.6) is 0 Å². The minimum atomic E-state index is 0.141. The molecule has 0 amide bonds. The number of hydrogen-bond donors (Lipinski definition) is 3. The minimum Gasteiger partial charge on any atom is -0.395 e. The fourth-order valence-electron chi connectivity index (χ4n) is 1.99. The van der Waals surface area contributed by atoms with Crippen LogP contribution in [0.1, 0.15) is 26.3 Å². The summed E-state index contributed by atoms with van der Waals surface area (Å²) in [5.41, 5.74) is 4.70. The number of nitrogens with one attached hydrogen (secondary N) is 2. The van der Waals surface area contributed by atoms with E-state index in [9.17, 15) is 0 Å². The molecule has 3 heteroatoms. The minimum absolute atomic E-state index is 0.141. The number of allylic oxidation sites excluding steroid dienone is 4. The van der Waals surface area contributed by atoms with Gasteiger partial charge < -0.3 is 15.7 Å². The van der Waals surface area contributed by atoms with E-state index in [0.29, 0.717) is 6.54 Å². The lowest BCUT2D eigenvalue weighted by Crippen LogP contribution is -2.10. The summed E-state index contributed by atoms with van der Waals surface area (Å²) in [6.45, 7) is 7.86. The van der Waals surface area contributed by atoms with Crippen LogP contribution in [-0.4, -0.2) is 24.8 Å². The molecule has 1 aromatic carbocycles. The van der Waals surface area contributed by atoms with Crippen LogP contribution in [0, 0.1) is 0 Å². The number of hydrogen-bond acceptors (Lipinski definition) is 3. The van der Waals surface area contributed by atoms with Gasteiger partial charge in [0.1, 0.15) is 0 Å².